The van der Waals surface area contributed by atoms with Crippen LogP contribution in [0.5, 0.6) is 11.5 Å². The molecule has 3 aromatic rings. The van der Waals surface area contributed by atoms with Crippen LogP contribution in [0.1, 0.15) is 13.8 Å². The summed E-state index contributed by atoms with van der Waals surface area (Å²) in [5.41, 5.74) is 2.35. The van der Waals surface area contributed by atoms with E-state index >= 15 is 0 Å². The van der Waals surface area contributed by atoms with Crippen LogP contribution in [-0.4, -0.2) is 45.0 Å². The van der Waals surface area contributed by atoms with Gasteiger partial charge in [0, 0.05) is 30.1 Å². The highest BCUT2D eigenvalue weighted by Crippen LogP contribution is 2.34. The second-order valence-corrected chi connectivity index (χ2v) is 9.14. The second kappa shape index (κ2) is 9.46. The SMILES string of the molecule is CCN(CC)S(=O)(=O)c1ccc(-c2csc(Nc3cc(OC)ccc3OC)n2)cc1. The zero-order valence-electron chi connectivity index (χ0n) is 17.4. The van der Waals surface area contributed by atoms with Crippen LogP contribution >= 0.6 is 11.3 Å². The molecule has 0 unspecified atom stereocenters. The van der Waals surface area contributed by atoms with Crippen LogP contribution in [0, 0.1) is 0 Å². The zero-order chi connectivity index (χ0) is 21.7. The van der Waals surface area contributed by atoms with Crippen molar-refractivity contribution >= 4 is 32.2 Å². The average molecular weight is 448 g/mol. The lowest BCUT2D eigenvalue weighted by molar-refractivity contribution is 0.405. The fourth-order valence-electron chi connectivity index (χ4n) is 3.00. The minimum Gasteiger partial charge on any atom is -0.497 e. The number of anilines is 2. The molecule has 3 rings (SSSR count). The Labute approximate surface area is 181 Å². The van der Waals surface area contributed by atoms with Gasteiger partial charge >= 0.3 is 0 Å². The van der Waals surface area contributed by atoms with Gasteiger partial charge in [0.05, 0.1) is 30.5 Å². The van der Waals surface area contributed by atoms with Gasteiger partial charge in [-0.2, -0.15) is 4.31 Å². The van der Waals surface area contributed by atoms with Crippen molar-refractivity contribution in [2.45, 2.75) is 18.7 Å². The van der Waals surface area contributed by atoms with Crippen molar-refractivity contribution in [3.63, 3.8) is 0 Å². The van der Waals surface area contributed by atoms with E-state index in [0.717, 1.165) is 16.9 Å². The highest BCUT2D eigenvalue weighted by atomic mass is 32.2. The molecule has 1 heterocycles. The van der Waals surface area contributed by atoms with Gasteiger partial charge < -0.3 is 14.8 Å². The summed E-state index contributed by atoms with van der Waals surface area (Å²) in [5, 5.41) is 5.86. The van der Waals surface area contributed by atoms with Gasteiger partial charge in [-0.1, -0.05) is 26.0 Å². The monoisotopic (exact) mass is 447 g/mol. The molecule has 2 aromatic carbocycles. The van der Waals surface area contributed by atoms with E-state index in [1.54, 1.807) is 38.5 Å². The van der Waals surface area contributed by atoms with E-state index in [1.165, 1.54) is 15.6 Å². The summed E-state index contributed by atoms with van der Waals surface area (Å²) in [7, 11) is -0.259. The number of nitrogens with zero attached hydrogens (tertiary/aromatic N) is 2. The normalized spacial score (nSPS) is 11.5. The number of nitrogens with one attached hydrogen (secondary N) is 1. The summed E-state index contributed by atoms with van der Waals surface area (Å²) >= 11 is 1.45. The van der Waals surface area contributed by atoms with E-state index in [9.17, 15) is 8.42 Å². The maximum absolute atomic E-state index is 12.6. The molecule has 0 saturated carbocycles. The Hall–Kier alpha value is -2.62. The predicted octanol–water partition coefficient (Wildman–Crippen LogP) is 4.60. The summed E-state index contributed by atoms with van der Waals surface area (Å²) < 4.78 is 37.4. The number of rotatable bonds is 9. The number of benzene rings is 2. The fraction of sp³-hybridized carbons (Fsp3) is 0.286. The van der Waals surface area contributed by atoms with Gasteiger partial charge in [0.1, 0.15) is 11.5 Å². The minimum absolute atomic E-state index is 0.282. The zero-order valence-corrected chi connectivity index (χ0v) is 19.0. The van der Waals surface area contributed by atoms with Gasteiger partial charge in [0.2, 0.25) is 10.0 Å². The van der Waals surface area contributed by atoms with Crippen LogP contribution in [-0.2, 0) is 10.0 Å². The van der Waals surface area contributed by atoms with E-state index in [1.807, 2.05) is 37.4 Å². The van der Waals surface area contributed by atoms with Gasteiger partial charge in [0.25, 0.3) is 0 Å². The van der Waals surface area contributed by atoms with Crippen molar-refractivity contribution in [3.05, 3.63) is 47.8 Å². The molecule has 7 nitrogen and oxygen atoms in total. The Morgan fingerprint density at radius 2 is 1.73 bits per heavy atom. The molecule has 0 aliphatic heterocycles. The first-order valence-electron chi connectivity index (χ1n) is 9.48. The van der Waals surface area contributed by atoms with Crippen molar-refractivity contribution in [1.82, 2.24) is 9.29 Å². The Kier molecular flexibility index (Phi) is 6.96. The van der Waals surface area contributed by atoms with Gasteiger partial charge in [-0.25, -0.2) is 13.4 Å². The molecular formula is C21H25N3O4S2. The summed E-state index contributed by atoms with van der Waals surface area (Å²) in [4.78, 5) is 4.90. The molecule has 0 spiro atoms. The molecule has 1 N–H and O–H groups in total. The molecule has 160 valence electrons. The van der Waals surface area contributed by atoms with Crippen molar-refractivity contribution in [3.8, 4) is 22.8 Å². The number of hydrogen-bond donors (Lipinski definition) is 1. The standard InChI is InChI=1S/C21H25N3O4S2/c1-5-24(6-2)30(25,26)17-10-7-15(8-11-17)19-14-29-21(23-19)22-18-13-16(27-3)9-12-20(18)28-4/h7-14H,5-6H2,1-4H3,(H,22,23). The van der Waals surface area contributed by atoms with Crippen molar-refractivity contribution in [2.75, 3.05) is 32.6 Å². The largest absolute Gasteiger partial charge is 0.497 e. The Balaban J connectivity index is 1.82. The van der Waals surface area contributed by atoms with Crippen molar-refractivity contribution < 1.29 is 17.9 Å². The maximum Gasteiger partial charge on any atom is 0.243 e. The number of hydrogen-bond acceptors (Lipinski definition) is 7. The molecule has 9 heteroatoms. The molecule has 0 radical (unpaired) electrons. The van der Waals surface area contributed by atoms with Gasteiger partial charge in [-0.3, -0.25) is 0 Å². The van der Waals surface area contributed by atoms with E-state index in [4.69, 9.17) is 9.47 Å². The molecule has 0 amide bonds. The van der Waals surface area contributed by atoms with Crippen LogP contribution in [0.4, 0.5) is 10.8 Å². The Bertz CT molecular complexity index is 1090. The third-order valence-electron chi connectivity index (χ3n) is 4.65. The molecule has 0 aliphatic rings. The van der Waals surface area contributed by atoms with Crippen LogP contribution in [0.15, 0.2) is 52.7 Å². The lowest BCUT2D eigenvalue weighted by atomic mass is 10.2. The third kappa shape index (κ3) is 4.58. The Morgan fingerprint density at radius 1 is 1.03 bits per heavy atom. The van der Waals surface area contributed by atoms with E-state index in [0.29, 0.717) is 29.7 Å². The van der Waals surface area contributed by atoms with Gasteiger partial charge in [0.15, 0.2) is 5.13 Å². The highest BCUT2D eigenvalue weighted by Gasteiger charge is 2.21. The lowest BCUT2D eigenvalue weighted by Crippen LogP contribution is -2.30. The number of ether oxygens (including phenoxy) is 2. The summed E-state index contributed by atoms with van der Waals surface area (Å²) in [5.74, 6) is 1.39. The first kappa shape index (κ1) is 22.1. The summed E-state index contributed by atoms with van der Waals surface area (Å²) in [6, 6.07) is 12.3. The minimum atomic E-state index is -3.47. The van der Waals surface area contributed by atoms with Crippen molar-refractivity contribution in [1.29, 1.82) is 0 Å². The van der Waals surface area contributed by atoms with Crippen molar-refractivity contribution in [2.24, 2.45) is 0 Å². The molecule has 0 fully saturated rings. The predicted molar refractivity (Wildman–Crippen MR) is 120 cm³/mol. The van der Waals surface area contributed by atoms with Gasteiger partial charge in [-0.15, -0.1) is 11.3 Å². The maximum atomic E-state index is 12.6. The van der Waals surface area contributed by atoms with Crippen LogP contribution in [0.2, 0.25) is 0 Å². The summed E-state index contributed by atoms with van der Waals surface area (Å²) in [6.45, 7) is 4.54. The molecule has 1 aromatic heterocycles. The number of sulfonamides is 1. The molecule has 30 heavy (non-hydrogen) atoms. The fourth-order valence-corrected chi connectivity index (χ4v) is 5.19. The summed E-state index contributed by atoms with van der Waals surface area (Å²) in [6.07, 6.45) is 0. The lowest BCUT2D eigenvalue weighted by Gasteiger charge is -2.18. The van der Waals surface area contributed by atoms with E-state index in [-0.39, 0.29) is 4.90 Å². The molecule has 0 bridgehead atoms. The second-order valence-electron chi connectivity index (χ2n) is 6.34. The smallest absolute Gasteiger partial charge is 0.243 e. The molecular weight excluding hydrogens is 422 g/mol. The number of methoxy groups -OCH3 is 2. The third-order valence-corrected chi connectivity index (χ3v) is 7.47. The first-order valence-corrected chi connectivity index (χ1v) is 11.8. The average Bonchev–Trinajstić information content (AvgIpc) is 3.23. The first-order chi connectivity index (χ1) is 14.4. The molecule has 0 saturated heterocycles. The van der Waals surface area contributed by atoms with E-state index in [2.05, 4.69) is 10.3 Å². The van der Waals surface area contributed by atoms with Crippen LogP contribution < -0.4 is 14.8 Å². The van der Waals surface area contributed by atoms with E-state index < -0.39 is 10.0 Å². The topological polar surface area (TPSA) is 80.8 Å². The van der Waals surface area contributed by atoms with Crippen LogP contribution in [0.25, 0.3) is 11.3 Å². The van der Waals surface area contributed by atoms with Gasteiger partial charge in [-0.05, 0) is 24.3 Å². The quantitative estimate of drug-likeness (QED) is 0.516. The Morgan fingerprint density at radius 3 is 2.33 bits per heavy atom. The number of thiazole rings is 1. The molecule has 0 aliphatic carbocycles. The molecule has 0 atom stereocenters. The number of aromatic nitrogens is 1. The van der Waals surface area contributed by atoms with Crippen LogP contribution in [0.3, 0.4) is 0 Å². The highest BCUT2D eigenvalue weighted by molar-refractivity contribution is 7.89.